The second-order valence-corrected chi connectivity index (χ2v) is 4.82. The van der Waals surface area contributed by atoms with E-state index in [1.54, 1.807) is 25.7 Å². The minimum Gasteiger partial charge on any atom is -0.0651 e. The first-order valence-electron chi connectivity index (χ1n) is 5.29. The summed E-state index contributed by atoms with van der Waals surface area (Å²) in [6.07, 6.45) is 7.67. The van der Waals surface area contributed by atoms with Crippen molar-refractivity contribution in [2.24, 2.45) is 23.7 Å². The lowest BCUT2D eigenvalue weighted by atomic mass is 9.59. The topological polar surface area (TPSA) is 0 Å². The molecule has 0 radical (unpaired) electrons. The van der Waals surface area contributed by atoms with Gasteiger partial charge in [-0.15, -0.1) is 0 Å². The van der Waals surface area contributed by atoms with E-state index in [1.807, 2.05) is 0 Å². The lowest BCUT2D eigenvalue weighted by Gasteiger charge is -2.47. The van der Waals surface area contributed by atoms with Crippen LogP contribution in [0.5, 0.6) is 0 Å². The Morgan fingerprint density at radius 2 is 1.64 bits per heavy atom. The maximum Gasteiger partial charge on any atom is -0.0383 e. The van der Waals surface area contributed by atoms with E-state index < -0.39 is 0 Å². The Morgan fingerprint density at radius 3 is 2.09 bits per heavy atom. The molecule has 2 bridgehead atoms. The highest BCUT2D eigenvalue weighted by molar-refractivity contribution is 4.90. The van der Waals surface area contributed by atoms with Gasteiger partial charge in [0.2, 0.25) is 0 Å². The van der Waals surface area contributed by atoms with Crippen LogP contribution in [0, 0.1) is 23.7 Å². The standard InChI is InChI=1S/C11H20/c1-3-8(2)11-6-9-4-10(5-9)7-11/h8-11H,3-7H2,1-2H3. The first kappa shape index (κ1) is 7.64. The Bertz CT molecular complexity index is 123. The molecule has 0 nitrogen and oxygen atoms in total. The summed E-state index contributed by atoms with van der Waals surface area (Å²) in [5.41, 5.74) is 0. The molecule has 0 saturated heterocycles. The van der Waals surface area contributed by atoms with Gasteiger partial charge >= 0.3 is 0 Å². The average Bonchev–Trinajstić information content (AvgIpc) is 2.02. The summed E-state index contributed by atoms with van der Waals surface area (Å²) in [6.45, 7) is 4.78. The van der Waals surface area contributed by atoms with Crippen molar-refractivity contribution in [1.82, 2.24) is 0 Å². The number of rotatable bonds is 2. The summed E-state index contributed by atoms with van der Waals surface area (Å²) in [5, 5.41) is 0. The van der Waals surface area contributed by atoms with E-state index in [0.717, 1.165) is 23.7 Å². The first-order valence-corrected chi connectivity index (χ1v) is 5.29. The fourth-order valence-electron chi connectivity index (χ4n) is 3.01. The zero-order chi connectivity index (χ0) is 7.84. The predicted molar refractivity (Wildman–Crippen MR) is 48.4 cm³/mol. The van der Waals surface area contributed by atoms with E-state index >= 15 is 0 Å². The summed E-state index contributed by atoms with van der Waals surface area (Å²) < 4.78 is 0. The molecule has 3 fully saturated rings. The number of hydrogen-bond acceptors (Lipinski definition) is 0. The van der Waals surface area contributed by atoms with Crippen LogP contribution in [0.2, 0.25) is 0 Å². The Hall–Kier alpha value is 0. The zero-order valence-electron chi connectivity index (χ0n) is 7.84. The van der Waals surface area contributed by atoms with Crippen molar-refractivity contribution < 1.29 is 0 Å². The molecule has 3 aliphatic carbocycles. The van der Waals surface area contributed by atoms with Gasteiger partial charge in [0.25, 0.3) is 0 Å². The highest BCUT2D eigenvalue weighted by Crippen LogP contribution is 2.50. The Kier molecular flexibility index (Phi) is 1.95. The number of hydrogen-bond donors (Lipinski definition) is 0. The summed E-state index contributed by atoms with van der Waals surface area (Å²) in [4.78, 5) is 0. The normalized spacial score (nSPS) is 44.7. The summed E-state index contributed by atoms with van der Waals surface area (Å²) in [5.74, 6) is 4.39. The van der Waals surface area contributed by atoms with Crippen molar-refractivity contribution in [1.29, 1.82) is 0 Å². The molecule has 3 rings (SSSR count). The molecule has 1 unspecified atom stereocenters. The van der Waals surface area contributed by atoms with Gasteiger partial charge in [0.05, 0.1) is 0 Å². The molecule has 3 aliphatic rings. The molecule has 0 aromatic rings. The SMILES string of the molecule is CCC(C)C1CC2CC(C2)C1. The van der Waals surface area contributed by atoms with Crippen molar-refractivity contribution in [2.75, 3.05) is 0 Å². The van der Waals surface area contributed by atoms with Crippen molar-refractivity contribution in [3.8, 4) is 0 Å². The van der Waals surface area contributed by atoms with Crippen LogP contribution in [0.15, 0.2) is 0 Å². The minimum absolute atomic E-state index is 1.00. The van der Waals surface area contributed by atoms with Crippen LogP contribution in [0.25, 0.3) is 0 Å². The summed E-state index contributed by atoms with van der Waals surface area (Å²) in [7, 11) is 0. The maximum atomic E-state index is 2.44. The van der Waals surface area contributed by atoms with Gasteiger partial charge in [0.15, 0.2) is 0 Å². The van der Waals surface area contributed by atoms with Crippen molar-refractivity contribution in [2.45, 2.75) is 46.0 Å². The molecule has 1 atom stereocenters. The molecule has 0 heterocycles. The molecular formula is C11H20. The fourth-order valence-corrected chi connectivity index (χ4v) is 3.01. The van der Waals surface area contributed by atoms with E-state index in [4.69, 9.17) is 0 Å². The van der Waals surface area contributed by atoms with Gasteiger partial charge in [-0.25, -0.2) is 0 Å². The van der Waals surface area contributed by atoms with Crippen LogP contribution < -0.4 is 0 Å². The second-order valence-electron chi connectivity index (χ2n) is 4.82. The predicted octanol–water partition coefficient (Wildman–Crippen LogP) is 3.47. The molecule has 0 aliphatic heterocycles. The smallest absolute Gasteiger partial charge is 0.0383 e. The quantitative estimate of drug-likeness (QED) is 0.568. The van der Waals surface area contributed by atoms with Gasteiger partial charge in [-0.1, -0.05) is 20.3 Å². The highest BCUT2D eigenvalue weighted by Gasteiger charge is 2.39. The summed E-state index contributed by atoms with van der Waals surface area (Å²) >= 11 is 0. The van der Waals surface area contributed by atoms with Gasteiger partial charge in [-0.05, 0) is 49.4 Å². The third kappa shape index (κ3) is 1.32. The summed E-state index contributed by atoms with van der Waals surface area (Å²) in [6, 6.07) is 0. The van der Waals surface area contributed by atoms with E-state index in [1.165, 1.54) is 6.42 Å². The monoisotopic (exact) mass is 152 g/mol. The van der Waals surface area contributed by atoms with Gasteiger partial charge < -0.3 is 0 Å². The molecule has 0 aromatic carbocycles. The zero-order valence-corrected chi connectivity index (χ0v) is 7.84. The third-order valence-electron chi connectivity index (χ3n) is 4.05. The molecule has 0 amide bonds. The fraction of sp³-hybridized carbons (Fsp3) is 1.00. The lowest BCUT2D eigenvalue weighted by Crippen LogP contribution is -2.36. The minimum atomic E-state index is 1.00. The number of fused-ring (bicyclic) bond motifs is 2. The molecule has 11 heavy (non-hydrogen) atoms. The Morgan fingerprint density at radius 1 is 1.09 bits per heavy atom. The van der Waals surface area contributed by atoms with E-state index in [9.17, 15) is 0 Å². The van der Waals surface area contributed by atoms with E-state index in [-0.39, 0.29) is 0 Å². The van der Waals surface area contributed by atoms with Gasteiger partial charge in [-0.3, -0.25) is 0 Å². The lowest BCUT2D eigenvalue weighted by molar-refractivity contribution is 0.0423. The van der Waals surface area contributed by atoms with Gasteiger partial charge in [0, 0.05) is 0 Å². The molecule has 0 aromatic heterocycles. The van der Waals surface area contributed by atoms with Crippen molar-refractivity contribution >= 4 is 0 Å². The van der Waals surface area contributed by atoms with Crippen LogP contribution in [-0.2, 0) is 0 Å². The second kappa shape index (κ2) is 2.80. The Labute approximate surface area is 70.4 Å². The van der Waals surface area contributed by atoms with Crippen LogP contribution in [0.4, 0.5) is 0 Å². The van der Waals surface area contributed by atoms with Crippen LogP contribution in [0.3, 0.4) is 0 Å². The third-order valence-corrected chi connectivity index (χ3v) is 4.05. The maximum absolute atomic E-state index is 2.44. The first-order chi connectivity index (χ1) is 5.29. The molecule has 64 valence electrons. The molecule has 3 saturated carbocycles. The molecule has 0 N–H and O–H groups in total. The van der Waals surface area contributed by atoms with E-state index in [2.05, 4.69) is 13.8 Å². The van der Waals surface area contributed by atoms with Crippen molar-refractivity contribution in [3.63, 3.8) is 0 Å². The van der Waals surface area contributed by atoms with Crippen molar-refractivity contribution in [3.05, 3.63) is 0 Å². The Balaban J connectivity index is 1.87. The average molecular weight is 152 g/mol. The largest absolute Gasteiger partial charge is 0.0651 e. The molecular weight excluding hydrogens is 132 g/mol. The van der Waals surface area contributed by atoms with Crippen LogP contribution >= 0.6 is 0 Å². The molecule has 0 spiro atoms. The van der Waals surface area contributed by atoms with Crippen LogP contribution in [-0.4, -0.2) is 0 Å². The molecule has 0 heteroatoms. The van der Waals surface area contributed by atoms with Crippen LogP contribution in [0.1, 0.15) is 46.0 Å². The van der Waals surface area contributed by atoms with E-state index in [0.29, 0.717) is 0 Å². The van der Waals surface area contributed by atoms with Gasteiger partial charge in [0.1, 0.15) is 0 Å². The highest BCUT2D eigenvalue weighted by atomic mass is 14.4. The van der Waals surface area contributed by atoms with Gasteiger partial charge in [-0.2, -0.15) is 0 Å².